The van der Waals surface area contributed by atoms with Crippen molar-refractivity contribution in [1.29, 1.82) is 0 Å². The molecule has 2 nitrogen and oxygen atoms in total. The molecule has 0 aromatic carbocycles. The van der Waals surface area contributed by atoms with Crippen LogP contribution in [0.4, 0.5) is 0 Å². The van der Waals surface area contributed by atoms with Gasteiger partial charge >= 0.3 is 7.12 Å². The van der Waals surface area contributed by atoms with Gasteiger partial charge in [-0.1, -0.05) is 36.5 Å². The van der Waals surface area contributed by atoms with E-state index in [9.17, 15) is 10.0 Å². The second-order valence-electron chi connectivity index (χ2n) is 2.98. The van der Waals surface area contributed by atoms with Crippen LogP contribution in [-0.2, 0) is 0 Å². The molecule has 0 saturated carbocycles. The Labute approximate surface area is 73.1 Å². The average Bonchev–Trinajstić information content (AvgIpc) is 2.06. The molecule has 0 aromatic rings. The van der Waals surface area contributed by atoms with Gasteiger partial charge in [-0.3, -0.25) is 0 Å². The number of allylic oxidation sites excluding steroid dienone is 6. The van der Waals surface area contributed by atoms with Gasteiger partial charge in [-0.05, 0) is 13.3 Å². The predicted molar refractivity (Wildman–Crippen MR) is 50.6 cm³/mol. The van der Waals surface area contributed by atoms with Crippen LogP contribution in [0, 0.1) is 0 Å². The first-order valence-electron chi connectivity index (χ1n) is 4.05. The molecule has 1 atom stereocenters. The summed E-state index contributed by atoms with van der Waals surface area (Å²) < 4.78 is 0. The van der Waals surface area contributed by atoms with E-state index in [4.69, 9.17) is 0 Å². The van der Waals surface area contributed by atoms with Crippen molar-refractivity contribution in [2.75, 3.05) is 0 Å². The van der Waals surface area contributed by atoms with Gasteiger partial charge in [-0.2, -0.15) is 0 Å². The summed E-state index contributed by atoms with van der Waals surface area (Å²) in [5.74, 6) is 0. The van der Waals surface area contributed by atoms with Gasteiger partial charge in [0.25, 0.3) is 0 Å². The Kier molecular flexibility index (Phi) is 2.90. The van der Waals surface area contributed by atoms with Crippen LogP contribution in [0.1, 0.15) is 13.3 Å². The van der Waals surface area contributed by atoms with Gasteiger partial charge in [0, 0.05) is 5.31 Å². The van der Waals surface area contributed by atoms with Crippen LogP contribution in [0.5, 0.6) is 0 Å². The summed E-state index contributed by atoms with van der Waals surface area (Å²) in [5.41, 5.74) is 0. The van der Waals surface area contributed by atoms with Gasteiger partial charge in [-0.25, -0.2) is 0 Å². The largest absolute Gasteiger partial charge is 0.466 e. The normalized spacial score (nSPS) is 28.2. The first kappa shape index (κ1) is 9.29. The van der Waals surface area contributed by atoms with Gasteiger partial charge < -0.3 is 10.0 Å². The van der Waals surface area contributed by atoms with Crippen molar-refractivity contribution in [1.82, 2.24) is 0 Å². The molecule has 0 fully saturated rings. The topological polar surface area (TPSA) is 40.5 Å². The van der Waals surface area contributed by atoms with E-state index in [0.29, 0.717) is 6.42 Å². The highest BCUT2D eigenvalue weighted by atomic mass is 16.4. The monoisotopic (exact) mass is 164 g/mol. The third-order valence-corrected chi connectivity index (χ3v) is 2.08. The van der Waals surface area contributed by atoms with E-state index < -0.39 is 12.4 Å². The maximum atomic E-state index is 9.18. The SMILES string of the molecule is CC=CC1(B(O)O)C=CC=CC1. The van der Waals surface area contributed by atoms with Gasteiger partial charge in [0.2, 0.25) is 0 Å². The van der Waals surface area contributed by atoms with Crippen LogP contribution < -0.4 is 0 Å². The molecule has 12 heavy (non-hydrogen) atoms. The molecule has 0 aromatic heterocycles. The third-order valence-electron chi connectivity index (χ3n) is 2.08. The molecule has 0 heterocycles. The van der Waals surface area contributed by atoms with Crippen LogP contribution in [0.25, 0.3) is 0 Å². The van der Waals surface area contributed by atoms with Crippen molar-refractivity contribution >= 4 is 7.12 Å². The molecule has 3 heteroatoms. The Morgan fingerprint density at radius 2 is 2.17 bits per heavy atom. The van der Waals surface area contributed by atoms with Crippen molar-refractivity contribution in [2.45, 2.75) is 18.7 Å². The Morgan fingerprint density at radius 1 is 1.42 bits per heavy atom. The molecular weight excluding hydrogens is 151 g/mol. The van der Waals surface area contributed by atoms with E-state index in [1.54, 1.807) is 0 Å². The minimum absolute atomic E-state index is 0.608. The maximum absolute atomic E-state index is 9.18. The summed E-state index contributed by atoms with van der Waals surface area (Å²) in [4.78, 5) is 0. The molecule has 0 radical (unpaired) electrons. The number of rotatable bonds is 2. The van der Waals surface area contributed by atoms with E-state index in [0.717, 1.165) is 0 Å². The van der Waals surface area contributed by atoms with Crippen LogP contribution in [-0.4, -0.2) is 17.2 Å². The Balaban J connectivity index is 2.87. The molecular formula is C9H13BO2. The average molecular weight is 164 g/mol. The van der Waals surface area contributed by atoms with Crippen molar-refractivity contribution in [3.8, 4) is 0 Å². The van der Waals surface area contributed by atoms with Gasteiger partial charge in [-0.15, -0.1) is 0 Å². The first-order valence-corrected chi connectivity index (χ1v) is 4.05. The maximum Gasteiger partial charge on any atom is 0.466 e. The van der Waals surface area contributed by atoms with E-state index in [-0.39, 0.29) is 0 Å². The number of hydrogen-bond acceptors (Lipinski definition) is 2. The van der Waals surface area contributed by atoms with Crippen molar-refractivity contribution in [3.63, 3.8) is 0 Å². The smallest absolute Gasteiger partial charge is 0.426 e. The second-order valence-corrected chi connectivity index (χ2v) is 2.98. The van der Waals surface area contributed by atoms with Crippen LogP contribution in [0.3, 0.4) is 0 Å². The fraction of sp³-hybridized carbons (Fsp3) is 0.333. The van der Waals surface area contributed by atoms with Crippen LogP contribution in [0.2, 0.25) is 5.31 Å². The summed E-state index contributed by atoms with van der Waals surface area (Å²) in [6.07, 6.45) is 11.8. The molecule has 1 rings (SSSR count). The quantitative estimate of drug-likeness (QED) is 0.476. The summed E-state index contributed by atoms with van der Waals surface area (Å²) in [6.45, 7) is 1.87. The molecule has 2 N–H and O–H groups in total. The molecule has 1 aliphatic rings. The molecule has 0 bridgehead atoms. The summed E-state index contributed by atoms with van der Waals surface area (Å²) in [6, 6.07) is 0. The summed E-state index contributed by atoms with van der Waals surface area (Å²) >= 11 is 0. The highest BCUT2D eigenvalue weighted by molar-refractivity contribution is 6.47. The molecule has 64 valence electrons. The second kappa shape index (κ2) is 3.74. The molecule has 0 amide bonds. The minimum Gasteiger partial charge on any atom is -0.426 e. The van der Waals surface area contributed by atoms with Crippen molar-refractivity contribution in [3.05, 3.63) is 36.5 Å². The zero-order chi connectivity index (χ0) is 9.03. The lowest BCUT2D eigenvalue weighted by molar-refractivity contribution is 0.375. The molecule has 0 spiro atoms. The van der Waals surface area contributed by atoms with E-state index in [1.165, 1.54) is 0 Å². The third kappa shape index (κ3) is 1.68. The van der Waals surface area contributed by atoms with E-state index in [2.05, 4.69) is 0 Å². The Morgan fingerprint density at radius 3 is 2.58 bits per heavy atom. The Bertz CT molecular complexity index is 231. The van der Waals surface area contributed by atoms with Crippen LogP contribution in [0.15, 0.2) is 36.5 Å². The van der Waals surface area contributed by atoms with Crippen molar-refractivity contribution < 1.29 is 10.0 Å². The standard InChI is InChI=1S/C9H13BO2/c1-2-6-9(10(11)12)7-4-3-5-8-9/h2-7,11-12H,8H2,1H3. The zero-order valence-corrected chi connectivity index (χ0v) is 7.14. The highest BCUT2D eigenvalue weighted by Gasteiger charge is 2.36. The fourth-order valence-corrected chi connectivity index (χ4v) is 1.36. The lowest BCUT2D eigenvalue weighted by Gasteiger charge is -2.26. The van der Waals surface area contributed by atoms with Crippen LogP contribution >= 0.6 is 0 Å². The first-order chi connectivity index (χ1) is 5.71. The Hall–Kier alpha value is -0.795. The van der Waals surface area contributed by atoms with Gasteiger partial charge in [0.15, 0.2) is 0 Å². The summed E-state index contributed by atoms with van der Waals surface area (Å²) in [5, 5.41) is 17.7. The predicted octanol–water partition coefficient (Wildman–Crippen LogP) is 1.29. The molecule has 0 saturated heterocycles. The van der Waals surface area contributed by atoms with E-state index >= 15 is 0 Å². The molecule has 1 unspecified atom stereocenters. The minimum atomic E-state index is -1.32. The molecule has 0 aliphatic heterocycles. The molecule has 1 aliphatic carbocycles. The van der Waals surface area contributed by atoms with E-state index in [1.807, 2.05) is 43.4 Å². The zero-order valence-electron chi connectivity index (χ0n) is 7.14. The fourth-order valence-electron chi connectivity index (χ4n) is 1.36. The lowest BCUT2D eigenvalue weighted by Crippen LogP contribution is -2.30. The number of hydrogen-bond donors (Lipinski definition) is 2. The van der Waals surface area contributed by atoms with Gasteiger partial charge in [0.05, 0.1) is 0 Å². The van der Waals surface area contributed by atoms with Gasteiger partial charge in [0.1, 0.15) is 0 Å². The van der Waals surface area contributed by atoms with Crippen molar-refractivity contribution in [2.24, 2.45) is 0 Å². The lowest BCUT2D eigenvalue weighted by atomic mass is 9.55. The highest BCUT2D eigenvalue weighted by Crippen LogP contribution is 2.38. The summed E-state index contributed by atoms with van der Waals surface area (Å²) in [7, 11) is -1.32.